The minimum Gasteiger partial charge on any atom is -0.383 e. The first-order valence-electron chi connectivity index (χ1n) is 5.44. The molecule has 0 unspecified atom stereocenters. The van der Waals surface area contributed by atoms with E-state index in [0.717, 1.165) is 11.4 Å². The van der Waals surface area contributed by atoms with Crippen LogP contribution in [0.15, 0.2) is 24.3 Å². The maximum atomic E-state index is 11.4. The van der Waals surface area contributed by atoms with E-state index in [-0.39, 0.29) is 6.03 Å². The topological polar surface area (TPSA) is 53.6 Å². The van der Waals surface area contributed by atoms with Gasteiger partial charge in [-0.25, -0.2) is 4.79 Å². The van der Waals surface area contributed by atoms with E-state index >= 15 is 0 Å². The monoisotopic (exact) mass is 237 g/mol. The van der Waals surface area contributed by atoms with Gasteiger partial charge in [-0.1, -0.05) is 0 Å². The lowest BCUT2D eigenvalue weighted by molar-refractivity contribution is 0.198. The Labute approximate surface area is 102 Å². The summed E-state index contributed by atoms with van der Waals surface area (Å²) >= 11 is 0. The summed E-state index contributed by atoms with van der Waals surface area (Å²) in [6.45, 7) is 1.01. The molecule has 2 amide bonds. The fourth-order valence-corrected chi connectivity index (χ4v) is 1.28. The Morgan fingerprint density at radius 3 is 2.47 bits per heavy atom. The number of nitrogens with zero attached hydrogens (tertiary/aromatic N) is 1. The Morgan fingerprint density at radius 2 is 1.94 bits per heavy atom. The van der Waals surface area contributed by atoms with E-state index in [1.54, 1.807) is 7.11 Å². The molecule has 17 heavy (non-hydrogen) atoms. The molecule has 0 heterocycles. The van der Waals surface area contributed by atoms with Gasteiger partial charge < -0.3 is 20.3 Å². The molecular formula is C12H19N3O2. The van der Waals surface area contributed by atoms with Gasteiger partial charge in [0, 0.05) is 39.1 Å². The molecule has 0 saturated carbocycles. The van der Waals surface area contributed by atoms with Gasteiger partial charge in [0.05, 0.1) is 6.61 Å². The van der Waals surface area contributed by atoms with E-state index in [9.17, 15) is 4.79 Å². The zero-order chi connectivity index (χ0) is 12.7. The second-order valence-electron chi connectivity index (χ2n) is 3.82. The number of hydrogen-bond donors (Lipinski definition) is 2. The Hall–Kier alpha value is -1.75. The molecule has 1 aromatic carbocycles. The Kier molecular flexibility index (Phi) is 5.29. The summed E-state index contributed by atoms with van der Waals surface area (Å²) in [6, 6.07) is 7.41. The van der Waals surface area contributed by atoms with Crippen LogP contribution in [-0.4, -0.2) is 40.4 Å². The number of carbonyl (C=O) groups excluding carboxylic acids is 1. The highest BCUT2D eigenvalue weighted by atomic mass is 16.5. The third kappa shape index (κ3) is 4.74. The summed E-state index contributed by atoms with van der Waals surface area (Å²) in [5.41, 5.74) is 1.86. The molecule has 5 heteroatoms. The lowest BCUT2D eigenvalue weighted by Gasteiger charge is -2.13. The lowest BCUT2D eigenvalue weighted by atomic mass is 10.2. The van der Waals surface area contributed by atoms with Crippen molar-refractivity contribution >= 4 is 17.4 Å². The maximum Gasteiger partial charge on any atom is 0.319 e. The quantitative estimate of drug-likeness (QED) is 0.763. The molecule has 94 valence electrons. The van der Waals surface area contributed by atoms with Gasteiger partial charge in [0.15, 0.2) is 0 Å². The highest BCUT2D eigenvalue weighted by Crippen LogP contribution is 2.15. The molecule has 1 rings (SSSR count). The second-order valence-corrected chi connectivity index (χ2v) is 3.82. The number of hydrogen-bond acceptors (Lipinski definition) is 3. The van der Waals surface area contributed by atoms with E-state index in [1.807, 2.05) is 43.3 Å². The van der Waals surface area contributed by atoms with Crippen LogP contribution in [0.4, 0.5) is 16.2 Å². The summed E-state index contributed by atoms with van der Waals surface area (Å²) in [5, 5.41) is 5.43. The molecule has 2 N–H and O–H groups in total. The maximum absolute atomic E-state index is 11.4. The number of ether oxygens (including phenoxy) is 1. The molecule has 0 atom stereocenters. The average Bonchev–Trinajstić information content (AvgIpc) is 2.30. The zero-order valence-corrected chi connectivity index (χ0v) is 10.5. The van der Waals surface area contributed by atoms with Gasteiger partial charge in [0.2, 0.25) is 0 Å². The van der Waals surface area contributed by atoms with Crippen molar-refractivity contribution in [1.29, 1.82) is 0 Å². The van der Waals surface area contributed by atoms with Crippen molar-refractivity contribution in [1.82, 2.24) is 5.32 Å². The van der Waals surface area contributed by atoms with Gasteiger partial charge in [0.1, 0.15) is 0 Å². The number of rotatable bonds is 5. The summed E-state index contributed by atoms with van der Waals surface area (Å²) in [4.78, 5) is 13.4. The second kappa shape index (κ2) is 6.75. The third-order valence-electron chi connectivity index (χ3n) is 2.23. The van der Waals surface area contributed by atoms with E-state index < -0.39 is 0 Å². The molecule has 0 spiro atoms. The van der Waals surface area contributed by atoms with Crippen molar-refractivity contribution in [2.24, 2.45) is 0 Å². The third-order valence-corrected chi connectivity index (χ3v) is 2.23. The number of benzene rings is 1. The SMILES string of the molecule is COCCNC(=O)Nc1ccc(N(C)C)cc1. The molecular weight excluding hydrogens is 218 g/mol. The van der Waals surface area contributed by atoms with Gasteiger partial charge in [0.25, 0.3) is 0 Å². The van der Waals surface area contributed by atoms with E-state index in [1.165, 1.54) is 0 Å². The summed E-state index contributed by atoms with van der Waals surface area (Å²) < 4.78 is 4.84. The van der Waals surface area contributed by atoms with Crippen LogP contribution >= 0.6 is 0 Å². The normalized spacial score (nSPS) is 9.82. The van der Waals surface area contributed by atoms with Crippen LogP contribution in [0.25, 0.3) is 0 Å². The molecule has 0 fully saturated rings. The highest BCUT2D eigenvalue weighted by Gasteiger charge is 2.01. The Morgan fingerprint density at radius 1 is 1.29 bits per heavy atom. The van der Waals surface area contributed by atoms with E-state index in [2.05, 4.69) is 10.6 Å². The Balaban J connectivity index is 2.43. The lowest BCUT2D eigenvalue weighted by Crippen LogP contribution is -2.31. The molecule has 0 bridgehead atoms. The van der Waals surface area contributed by atoms with Crippen LogP contribution in [0.5, 0.6) is 0 Å². The number of amides is 2. The van der Waals surface area contributed by atoms with Crippen LogP contribution in [0, 0.1) is 0 Å². The molecule has 0 aliphatic rings. The summed E-state index contributed by atoms with van der Waals surface area (Å²) in [5.74, 6) is 0. The molecule has 0 aromatic heterocycles. The standard InChI is InChI=1S/C12H19N3O2/c1-15(2)11-6-4-10(5-7-11)14-12(16)13-8-9-17-3/h4-7H,8-9H2,1-3H3,(H2,13,14,16). The molecule has 0 aliphatic heterocycles. The van der Waals surface area contributed by atoms with Crippen LogP contribution in [0.2, 0.25) is 0 Å². The molecule has 0 saturated heterocycles. The van der Waals surface area contributed by atoms with Crippen LogP contribution < -0.4 is 15.5 Å². The zero-order valence-electron chi connectivity index (χ0n) is 10.5. The average molecular weight is 237 g/mol. The van der Waals surface area contributed by atoms with E-state index in [0.29, 0.717) is 13.2 Å². The minimum atomic E-state index is -0.223. The van der Waals surface area contributed by atoms with Crippen molar-refractivity contribution in [3.05, 3.63) is 24.3 Å². The van der Waals surface area contributed by atoms with Crippen LogP contribution in [0.1, 0.15) is 0 Å². The molecule has 5 nitrogen and oxygen atoms in total. The smallest absolute Gasteiger partial charge is 0.319 e. The van der Waals surface area contributed by atoms with Crippen molar-refractivity contribution in [2.45, 2.75) is 0 Å². The first-order valence-corrected chi connectivity index (χ1v) is 5.44. The van der Waals surface area contributed by atoms with Gasteiger partial charge >= 0.3 is 6.03 Å². The molecule has 0 radical (unpaired) electrons. The molecule has 0 aliphatic carbocycles. The number of carbonyl (C=O) groups is 1. The number of anilines is 2. The van der Waals surface area contributed by atoms with Gasteiger partial charge in [-0.15, -0.1) is 0 Å². The van der Waals surface area contributed by atoms with Crippen molar-refractivity contribution < 1.29 is 9.53 Å². The highest BCUT2D eigenvalue weighted by molar-refractivity contribution is 5.89. The fraction of sp³-hybridized carbons (Fsp3) is 0.417. The van der Waals surface area contributed by atoms with Crippen molar-refractivity contribution in [2.75, 3.05) is 44.6 Å². The number of nitrogens with one attached hydrogen (secondary N) is 2. The molecule has 1 aromatic rings. The summed E-state index contributed by atoms with van der Waals surface area (Å²) in [6.07, 6.45) is 0. The number of urea groups is 1. The van der Waals surface area contributed by atoms with Crippen LogP contribution in [0.3, 0.4) is 0 Å². The minimum absolute atomic E-state index is 0.223. The predicted octanol–water partition coefficient (Wildman–Crippen LogP) is 1.52. The van der Waals surface area contributed by atoms with Gasteiger partial charge in [-0.3, -0.25) is 0 Å². The number of methoxy groups -OCH3 is 1. The summed E-state index contributed by atoms with van der Waals surface area (Å²) in [7, 11) is 5.54. The predicted molar refractivity (Wildman–Crippen MR) is 69.7 cm³/mol. The van der Waals surface area contributed by atoms with Crippen molar-refractivity contribution in [3.8, 4) is 0 Å². The largest absolute Gasteiger partial charge is 0.383 e. The van der Waals surface area contributed by atoms with Crippen molar-refractivity contribution in [3.63, 3.8) is 0 Å². The first-order chi connectivity index (χ1) is 8.13. The van der Waals surface area contributed by atoms with Gasteiger partial charge in [-0.05, 0) is 24.3 Å². The van der Waals surface area contributed by atoms with E-state index in [4.69, 9.17) is 4.74 Å². The Bertz CT molecular complexity index is 349. The fourth-order valence-electron chi connectivity index (χ4n) is 1.28. The first kappa shape index (κ1) is 13.3. The van der Waals surface area contributed by atoms with Crippen LogP contribution in [-0.2, 0) is 4.74 Å². The van der Waals surface area contributed by atoms with Gasteiger partial charge in [-0.2, -0.15) is 0 Å².